The summed E-state index contributed by atoms with van der Waals surface area (Å²) in [5.74, 6) is -0.474. The largest absolute Gasteiger partial charge is 0.433 e. The Morgan fingerprint density at radius 1 is 1.36 bits per heavy atom. The normalized spacial score (nSPS) is 19.4. The molecule has 1 amide bonds. The van der Waals surface area contributed by atoms with Crippen molar-refractivity contribution in [3.63, 3.8) is 0 Å². The molecule has 0 spiro atoms. The second-order valence-corrected chi connectivity index (χ2v) is 6.92. The van der Waals surface area contributed by atoms with Crippen molar-refractivity contribution in [1.29, 1.82) is 5.26 Å². The number of anilines is 1. The van der Waals surface area contributed by atoms with Gasteiger partial charge in [0.1, 0.15) is 11.8 Å². The van der Waals surface area contributed by atoms with E-state index >= 15 is 0 Å². The minimum Gasteiger partial charge on any atom is -0.367 e. The van der Waals surface area contributed by atoms with Crippen LogP contribution in [0.2, 0.25) is 5.02 Å². The molecule has 2 aromatic rings. The molecule has 5 nitrogen and oxygen atoms in total. The number of carbonyl (C=O) groups excluding carboxylic acids is 1. The number of hydrogen-bond acceptors (Lipinski definition) is 4. The van der Waals surface area contributed by atoms with E-state index in [1.165, 1.54) is 0 Å². The van der Waals surface area contributed by atoms with Gasteiger partial charge in [-0.3, -0.25) is 9.78 Å². The van der Waals surface area contributed by atoms with Gasteiger partial charge in [0.2, 0.25) is 0 Å². The van der Waals surface area contributed by atoms with Gasteiger partial charge in [0, 0.05) is 24.5 Å². The molecule has 1 aromatic carbocycles. The third-order valence-electron chi connectivity index (χ3n) is 4.79. The predicted molar refractivity (Wildman–Crippen MR) is 98.1 cm³/mol. The summed E-state index contributed by atoms with van der Waals surface area (Å²) in [4.78, 5) is 17.8. The molecule has 2 atom stereocenters. The molecule has 9 heteroatoms. The molecular weight excluding hydrogens is 393 g/mol. The highest BCUT2D eigenvalue weighted by Gasteiger charge is 2.34. The van der Waals surface area contributed by atoms with Crippen molar-refractivity contribution in [2.45, 2.75) is 31.6 Å². The highest BCUT2D eigenvalue weighted by molar-refractivity contribution is 6.32. The Balaban J connectivity index is 1.68. The molecule has 28 heavy (non-hydrogen) atoms. The van der Waals surface area contributed by atoms with Crippen molar-refractivity contribution in [2.75, 3.05) is 11.4 Å². The van der Waals surface area contributed by atoms with Crippen LogP contribution in [0, 0.1) is 11.3 Å². The van der Waals surface area contributed by atoms with Crippen LogP contribution in [-0.4, -0.2) is 29.5 Å². The molecule has 1 fully saturated rings. The van der Waals surface area contributed by atoms with Crippen LogP contribution in [0.1, 0.15) is 35.0 Å². The Morgan fingerprint density at radius 3 is 2.68 bits per heavy atom. The van der Waals surface area contributed by atoms with E-state index in [-0.39, 0.29) is 17.6 Å². The van der Waals surface area contributed by atoms with Crippen molar-refractivity contribution < 1.29 is 18.0 Å². The van der Waals surface area contributed by atoms with Gasteiger partial charge in [-0.2, -0.15) is 18.4 Å². The third kappa shape index (κ3) is 4.04. The highest BCUT2D eigenvalue weighted by atomic mass is 35.5. The zero-order chi connectivity index (χ0) is 20.5. The van der Waals surface area contributed by atoms with Gasteiger partial charge in [-0.05, 0) is 43.7 Å². The fourth-order valence-electron chi connectivity index (χ4n) is 3.22. The molecule has 0 bridgehead atoms. The number of halogens is 4. The number of rotatable bonds is 3. The molecule has 0 saturated carbocycles. The number of carbonyl (C=O) groups is 1. The van der Waals surface area contributed by atoms with Gasteiger partial charge < -0.3 is 10.2 Å². The summed E-state index contributed by atoms with van der Waals surface area (Å²) in [6.07, 6.45) is -2.95. The molecule has 1 N–H and O–H groups in total. The smallest absolute Gasteiger partial charge is 0.367 e. The summed E-state index contributed by atoms with van der Waals surface area (Å²) in [6, 6.07) is 8.81. The molecule has 1 aliphatic rings. The van der Waals surface area contributed by atoms with E-state index in [4.69, 9.17) is 16.9 Å². The Hall–Kier alpha value is -2.79. The maximum Gasteiger partial charge on any atom is 0.433 e. The van der Waals surface area contributed by atoms with Crippen LogP contribution in [0.5, 0.6) is 0 Å². The van der Waals surface area contributed by atoms with E-state index in [1.54, 1.807) is 18.2 Å². The summed E-state index contributed by atoms with van der Waals surface area (Å²) in [7, 11) is 0. The lowest BCUT2D eigenvalue weighted by Crippen LogP contribution is -2.43. The van der Waals surface area contributed by atoms with Crippen LogP contribution >= 0.6 is 11.6 Å². The van der Waals surface area contributed by atoms with Crippen LogP contribution in [0.3, 0.4) is 0 Å². The van der Waals surface area contributed by atoms with Gasteiger partial charge in [0.25, 0.3) is 5.91 Å². The first kappa shape index (κ1) is 20.0. The van der Waals surface area contributed by atoms with Crippen molar-refractivity contribution in [3.8, 4) is 6.07 Å². The SMILES string of the molecule is C[C@H]1C(NC(=O)c2ccc(C(F)(F)F)nc2)CCN1c1ccc(C#N)c(Cl)c1. The van der Waals surface area contributed by atoms with Crippen LogP contribution in [0.15, 0.2) is 36.5 Å². The molecule has 3 rings (SSSR count). The molecule has 0 aliphatic carbocycles. The Morgan fingerprint density at radius 2 is 2.11 bits per heavy atom. The second-order valence-electron chi connectivity index (χ2n) is 6.51. The number of nitrogens with one attached hydrogen (secondary N) is 1. The minimum atomic E-state index is -4.54. The van der Waals surface area contributed by atoms with Crippen LogP contribution in [0.25, 0.3) is 0 Å². The molecule has 1 aromatic heterocycles. The van der Waals surface area contributed by atoms with Gasteiger partial charge in [0.15, 0.2) is 0 Å². The highest BCUT2D eigenvalue weighted by Crippen LogP contribution is 2.30. The van der Waals surface area contributed by atoms with Crippen LogP contribution in [-0.2, 0) is 6.18 Å². The van der Waals surface area contributed by atoms with E-state index in [9.17, 15) is 18.0 Å². The van der Waals surface area contributed by atoms with Crippen molar-refractivity contribution in [3.05, 3.63) is 58.4 Å². The second kappa shape index (κ2) is 7.68. The van der Waals surface area contributed by atoms with E-state index in [1.807, 2.05) is 13.0 Å². The average molecular weight is 409 g/mol. The number of hydrogen-bond donors (Lipinski definition) is 1. The van der Waals surface area contributed by atoms with Gasteiger partial charge in [-0.25, -0.2) is 0 Å². The lowest BCUT2D eigenvalue weighted by Gasteiger charge is -2.27. The van der Waals surface area contributed by atoms with Crippen molar-refractivity contribution in [1.82, 2.24) is 10.3 Å². The number of benzene rings is 1. The van der Waals surface area contributed by atoms with E-state index < -0.39 is 17.8 Å². The summed E-state index contributed by atoms with van der Waals surface area (Å²) < 4.78 is 37.8. The lowest BCUT2D eigenvalue weighted by molar-refractivity contribution is -0.141. The molecule has 1 aliphatic heterocycles. The lowest BCUT2D eigenvalue weighted by atomic mass is 10.1. The van der Waals surface area contributed by atoms with Crippen molar-refractivity contribution in [2.24, 2.45) is 0 Å². The minimum absolute atomic E-state index is 0.0599. The molecular formula is C19H16ClF3N4O. The quantitative estimate of drug-likeness (QED) is 0.832. The topological polar surface area (TPSA) is 69.0 Å². The summed E-state index contributed by atoms with van der Waals surface area (Å²) in [6.45, 7) is 2.61. The fraction of sp³-hybridized carbons (Fsp3) is 0.316. The Kier molecular flexibility index (Phi) is 5.47. The molecule has 0 radical (unpaired) electrons. The first-order valence-electron chi connectivity index (χ1n) is 8.51. The van der Waals surface area contributed by atoms with Gasteiger partial charge in [-0.15, -0.1) is 0 Å². The Labute approximate surface area is 164 Å². The monoisotopic (exact) mass is 408 g/mol. The number of nitrogens with zero attached hydrogens (tertiary/aromatic N) is 3. The average Bonchev–Trinajstić information content (AvgIpc) is 3.01. The van der Waals surface area contributed by atoms with E-state index in [2.05, 4.69) is 15.2 Å². The van der Waals surface area contributed by atoms with Crippen molar-refractivity contribution >= 4 is 23.2 Å². The van der Waals surface area contributed by atoms with E-state index in [0.717, 1.165) is 24.0 Å². The number of amides is 1. The number of alkyl halides is 3. The standard InChI is InChI=1S/C19H16ClF3N4O/c1-11-16(6-7-27(11)14-4-2-12(9-24)15(20)8-14)26-18(28)13-3-5-17(25-10-13)19(21,22)23/h2-5,8,10-11,16H,6-7H2,1H3,(H,26,28)/t11-,16?/m0/s1. The molecule has 1 saturated heterocycles. The summed E-state index contributed by atoms with van der Waals surface area (Å²) in [5, 5.41) is 12.2. The van der Waals surface area contributed by atoms with Crippen LogP contribution < -0.4 is 10.2 Å². The Bertz CT molecular complexity index is 924. The number of pyridine rings is 1. The predicted octanol–water partition coefficient (Wildman–Crippen LogP) is 4.02. The van der Waals surface area contributed by atoms with Gasteiger partial charge in [0.05, 0.1) is 22.2 Å². The number of nitriles is 1. The zero-order valence-corrected chi connectivity index (χ0v) is 15.6. The van der Waals surface area contributed by atoms with E-state index in [0.29, 0.717) is 23.6 Å². The summed E-state index contributed by atoms with van der Waals surface area (Å²) in [5.41, 5.74) is 0.253. The maximum absolute atomic E-state index is 12.6. The zero-order valence-electron chi connectivity index (χ0n) is 14.8. The van der Waals surface area contributed by atoms with Gasteiger partial charge in [-0.1, -0.05) is 11.6 Å². The molecule has 1 unspecified atom stereocenters. The van der Waals surface area contributed by atoms with Gasteiger partial charge >= 0.3 is 6.18 Å². The maximum atomic E-state index is 12.6. The first-order valence-corrected chi connectivity index (χ1v) is 8.89. The molecule has 2 heterocycles. The van der Waals surface area contributed by atoms with Crippen LogP contribution in [0.4, 0.5) is 18.9 Å². The summed E-state index contributed by atoms with van der Waals surface area (Å²) >= 11 is 6.10. The fourth-order valence-corrected chi connectivity index (χ4v) is 3.44. The first-order chi connectivity index (χ1) is 13.2. The number of aromatic nitrogens is 1. The third-order valence-corrected chi connectivity index (χ3v) is 5.11. The molecule has 146 valence electrons.